The lowest BCUT2D eigenvalue weighted by molar-refractivity contribution is 0.101. The second-order valence-electron chi connectivity index (χ2n) is 3.10. The molecule has 0 saturated heterocycles. The van der Waals surface area contributed by atoms with Crippen molar-refractivity contribution in [2.75, 3.05) is 0 Å². The second-order valence-corrected chi connectivity index (χ2v) is 3.45. The number of benzene rings is 1. The van der Waals surface area contributed by atoms with Gasteiger partial charge < -0.3 is 4.52 Å². The van der Waals surface area contributed by atoms with Crippen LogP contribution in [0.2, 0.25) is 5.22 Å². The molecule has 2 aromatic rings. The molecule has 0 fully saturated rings. The van der Waals surface area contributed by atoms with Crippen LogP contribution in [-0.4, -0.2) is 10.9 Å². The Labute approximate surface area is 91.6 Å². The quantitative estimate of drug-likeness (QED) is 0.732. The van der Waals surface area contributed by atoms with Gasteiger partial charge in [-0.1, -0.05) is 35.5 Å². The lowest BCUT2D eigenvalue weighted by Gasteiger charge is -1.96. The van der Waals surface area contributed by atoms with Gasteiger partial charge in [-0.25, -0.2) is 0 Å². The lowest BCUT2D eigenvalue weighted by Crippen LogP contribution is -1.93. The standard InChI is InChI=1S/C11H8ClNO2/c1-7(14)9-10(13-15-11(9)12)8-5-3-2-4-6-8/h2-6H,1H3. The predicted molar refractivity (Wildman–Crippen MR) is 57.0 cm³/mol. The normalized spacial score (nSPS) is 10.3. The fraction of sp³-hybridized carbons (Fsp3) is 0.0909. The summed E-state index contributed by atoms with van der Waals surface area (Å²) >= 11 is 5.74. The molecule has 0 aliphatic heterocycles. The zero-order valence-corrected chi connectivity index (χ0v) is 8.78. The van der Waals surface area contributed by atoms with Crippen LogP contribution in [0.25, 0.3) is 11.3 Å². The minimum atomic E-state index is -0.153. The molecule has 0 unspecified atom stereocenters. The van der Waals surface area contributed by atoms with Crippen molar-refractivity contribution >= 4 is 17.4 Å². The Kier molecular flexibility index (Phi) is 2.56. The fourth-order valence-electron chi connectivity index (χ4n) is 1.37. The summed E-state index contributed by atoms with van der Waals surface area (Å²) in [6.45, 7) is 1.44. The summed E-state index contributed by atoms with van der Waals surface area (Å²) in [4.78, 5) is 11.3. The summed E-state index contributed by atoms with van der Waals surface area (Å²) < 4.78 is 4.81. The highest BCUT2D eigenvalue weighted by Crippen LogP contribution is 2.28. The van der Waals surface area contributed by atoms with Gasteiger partial charge in [0, 0.05) is 5.56 Å². The van der Waals surface area contributed by atoms with Crippen molar-refractivity contribution in [1.29, 1.82) is 0 Å². The highest BCUT2D eigenvalue weighted by atomic mass is 35.5. The predicted octanol–water partition coefficient (Wildman–Crippen LogP) is 3.20. The molecular formula is C11H8ClNO2. The minimum Gasteiger partial charge on any atom is -0.343 e. The van der Waals surface area contributed by atoms with Crippen LogP contribution < -0.4 is 0 Å². The number of rotatable bonds is 2. The second kappa shape index (κ2) is 3.87. The molecule has 1 heterocycles. The van der Waals surface area contributed by atoms with E-state index in [-0.39, 0.29) is 11.0 Å². The molecule has 4 heteroatoms. The molecule has 76 valence electrons. The molecule has 1 aromatic heterocycles. The van der Waals surface area contributed by atoms with Gasteiger partial charge in [0.2, 0.25) is 5.22 Å². The van der Waals surface area contributed by atoms with Gasteiger partial charge in [-0.15, -0.1) is 0 Å². The Morgan fingerprint density at radius 1 is 1.33 bits per heavy atom. The van der Waals surface area contributed by atoms with Gasteiger partial charge in [-0.3, -0.25) is 4.79 Å². The Bertz CT molecular complexity index is 491. The van der Waals surface area contributed by atoms with Gasteiger partial charge in [0.1, 0.15) is 11.3 Å². The third kappa shape index (κ3) is 1.78. The summed E-state index contributed by atoms with van der Waals surface area (Å²) in [5.41, 5.74) is 1.65. The van der Waals surface area contributed by atoms with Crippen LogP contribution >= 0.6 is 11.6 Å². The fourth-order valence-corrected chi connectivity index (χ4v) is 1.63. The largest absolute Gasteiger partial charge is 0.343 e. The number of aromatic nitrogens is 1. The van der Waals surface area contributed by atoms with Gasteiger partial charge in [-0.2, -0.15) is 0 Å². The highest BCUT2D eigenvalue weighted by molar-refractivity contribution is 6.32. The number of halogens is 1. The molecule has 0 aliphatic carbocycles. The molecular weight excluding hydrogens is 214 g/mol. The third-order valence-electron chi connectivity index (χ3n) is 2.05. The van der Waals surface area contributed by atoms with E-state index < -0.39 is 0 Å². The van der Waals surface area contributed by atoms with Crippen LogP contribution in [0.1, 0.15) is 17.3 Å². The Morgan fingerprint density at radius 2 is 2.00 bits per heavy atom. The topological polar surface area (TPSA) is 43.1 Å². The van der Waals surface area contributed by atoms with Crippen LogP contribution in [0.3, 0.4) is 0 Å². The maximum Gasteiger partial charge on any atom is 0.237 e. The molecule has 0 amide bonds. The minimum absolute atomic E-state index is 0.0429. The number of ketones is 1. The maximum absolute atomic E-state index is 11.3. The first kappa shape index (κ1) is 9.93. The molecule has 0 radical (unpaired) electrons. The van der Waals surface area contributed by atoms with E-state index >= 15 is 0 Å². The van der Waals surface area contributed by atoms with Gasteiger partial charge in [0.15, 0.2) is 5.78 Å². The number of nitrogens with zero attached hydrogens (tertiary/aromatic N) is 1. The zero-order valence-electron chi connectivity index (χ0n) is 8.03. The molecule has 15 heavy (non-hydrogen) atoms. The Balaban J connectivity index is 2.59. The monoisotopic (exact) mass is 221 g/mol. The van der Waals surface area contributed by atoms with Crippen LogP contribution in [0, 0.1) is 0 Å². The molecule has 0 atom stereocenters. The first-order chi connectivity index (χ1) is 7.20. The van der Waals surface area contributed by atoms with Crippen molar-refractivity contribution in [2.24, 2.45) is 0 Å². The molecule has 0 spiro atoms. The van der Waals surface area contributed by atoms with Crippen molar-refractivity contribution in [1.82, 2.24) is 5.16 Å². The maximum atomic E-state index is 11.3. The van der Waals surface area contributed by atoms with E-state index in [4.69, 9.17) is 16.1 Å². The van der Waals surface area contributed by atoms with Crippen molar-refractivity contribution in [3.63, 3.8) is 0 Å². The lowest BCUT2D eigenvalue weighted by atomic mass is 10.1. The number of hydrogen-bond acceptors (Lipinski definition) is 3. The number of carbonyl (C=O) groups excluding carboxylic acids is 1. The van der Waals surface area contributed by atoms with Gasteiger partial charge in [0.25, 0.3) is 0 Å². The first-order valence-electron chi connectivity index (χ1n) is 4.41. The van der Waals surface area contributed by atoms with Gasteiger partial charge in [-0.05, 0) is 18.5 Å². The van der Waals surface area contributed by atoms with E-state index in [1.165, 1.54) is 6.92 Å². The zero-order chi connectivity index (χ0) is 10.8. The van der Waals surface area contributed by atoms with Crippen molar-refractivity contribution in [3.05, 3.63) is 41.1 Å². The van der Waals surface area contributed by atoms with E-state index in [2.05, 4.69) is 5.16 Å². The van der Waals surface area contributed by atoms with Gasteiger partial charge in [0.05, 0.1) is 0 Å². The Hall–Kier alpha value is -1.61. The summed E-state index contributed by atoms with van der Waals surface area (Å²) in [5.74, 6) is -0.153. The highest BCUT2D eigenvalue weighted by Gasteiger charge is 2.19. The van der Waals surface area contributed by atoms with Crippen molar-refractivity contribution in [3.8, 4) is 11.3 Å². The smallest absolute Gasteiger partial charge is 0.237 e. The van der Waals surface area contributed by atoms with Crippen LogP contribution in [0.5, 0.6) is 0 Å². The number of Topliss-reactive ketones (excluding diaryl/α,β-unsaturated/α-hetero) is 1. The van der Waals surface area contributed by atoms with E-state index in [1.807, 2.05) is 30.3 Å². The third-order valence-corrected chi connectivity index (χ3v) is 2.31. The van der Waals surface area contributed by atoms with Gasteiger partial charge >= 0.3 is 0 Å². The molecule has 2 rings (SSSR count). The molecule has 3 nitrogen and oxygen atoms in total. The molecule has 1 aromatic carbocycles. The van der Waals surface area contributed by atoms with Crippen LogP contribution in [-0.2, 0) is 0 Å². The summed E-state index contributed by atoms with van der Waals surface area (Å²) in [7, 11) is 0. The molecule has 0 aliphatic rings. The first-order valence-corrected chi connectivity index (χ1v) is 4.79. The average molecular weight is 222 g/mol. The molecule has 0 bridgehead atoms. The van der Waals surface area contributed by atoms with Crippen molar-refractivity contribution < 1.29 is 9.32 Å². The molecule has 0 saturated carbocycles. The summed E-state index contributed by atoms with van der Waals surface area (Å²) in [6, 6.07) is 9.31. The van der Waals surface area contributed by atoms with Crippen LogP contribution in [0.4, 0.5) is 0 Å². The number of carbonyl (C=O) groups is 1. The summed E-state index contributed by atoms with van der Waals surface area (Å²) in [6.07, 6.45) is 0. The van der Waals surface area contributed by atoms with Crippen LogP contribution in [0.15, 0.2) is 34.9 Å². The molecule has 0 N–H and O–H groups in total. The van der Waals surface area contributed by atoms with Crippen molar-refractivity contribution in [2.45, 2.75) is 6.92 Å². The summed E-state index contributed by atoms with van der Waals surface area (Å²) in [5, 5.41) is 3.82. The van der Waals surface area contributed by atoms with E-state index in [0.717, 1.165) is 5.56 Å². The number of hydrogen-bond donors (Lipinski definition) is 0. The average Bonchev–Trinajstić information content (AvgIpc) is 2.61. The SMILES string of the molecule is CC(=O)c1c(-c2ccccc2)noc1Cl. The Morgan fingerprint density at radius 3 is 2.60 bits per heavy atom. The van der Waals surface area contributed by atoms with E-state index in [0.29, 0.717) is 11.3 Å². The van der Waals surface area contributed by atoms with E-state index in [1.54, 1.807) is 0 Å². The van der Waals surface area contributed by atoms with E-state index in [9.17, 15) is 4.79 Å².